The molecule has 2 N–H and O–H groups in total. The van der Waals surface area contributed by atoms with E-state index in [0.29, 0.717) is 18.7 Å². The molecule has 18 heavy (non-hydrogen) atoms. The van der Waals surface area contributed by atoms with E-state index < -0.39 is 0 Å². The zero-order valence-corrected chi connectivity index (χ0v) is 10.4. The van der Waals surface area contributed by atoms with Gasteiger partial charge in [-0.1, -0.05) is 12.0 Å². The highest BCUT2D eigenvalue weighted by molar-refractivity contribution is 5.30. The number of hydrogen-bond donors (Lipinski definition) is 2. The van der Waals surface area contributed by atoms with Gasteiger partial charge in [-0.25, -0.2) is 4.98 Å². The number of aromatic nitrogens is 1. The second-order valence-corrected chi connectivity index (χ2v) is 4.22. The fourth-order valence-electron chi connectivity index (χ4n) is 1.77. The Kier molecular flexibility index (Phi) is 5.00. The first kappa shape index (κ1) is 12.9. The number of nitrogens with one attached hydrogen (secondary N) is 1. The van der Waals surface area contributed by atoms with Crippen molar-refractivity contribution >= 4 is 0 Å². The van der Waals surface area contributed by atoms with Crippen LogP contribution in [0.15, 0.2) is 18.2 Å². The first-order valence-corrected chi connectivity index (χ1v) is 6.32. The van der Waals surface area contributed by atoms with Crippen LogP contribution >= 0.6 is 0 Å². The predicted octanol–water partition coefficient (Wildman–Crippen LogP) is 0.946. The summed E-state index contributed by atoms with van der Waals surface area (Å²) in [5.41, 5.74) is 0.719. The minimum Gasteiger partial charge on any atom is -0.473 e. The average molecular weight is 246 g/mol. The maximum atomic E-state index is 8.66. The van der Waals surface area contributed by atoms with Crippen molar-refractivity contribution in [3.05, 3.63) is 23.9 Å². The molecule has 2 heterocycles. The van der Waals surface area contributed by atoms with Crippen LogP contribution in [0, 0.1) is 11.8 Å². The SMILES string of the molecule is OCCCC#Cc1cccc(OC2CCNC2)n1. The molecule has 1 aliphatic heterocycles. The summed E-state index contributed by atoms with van der Waals surface area (Å²) in [5, 5.41) is 11.9. The second kappa shape index (κ2) is 7.00. The number of pyridine rings is 1. The summed E-state index contributed by atoms with van der Waals surface area (Å²) < 4.78 is 5.76. The summed E-state index contributed by atoms with van der Waals surface area (Å²) in [5.74, 6) is 6.60. The minimum atomic E-state index is 0.180. The molecular formula is C14H18N2O2. The van der Waals surface area contributed by atoms with Gasteiger partial charge in [0.1, 0.15) is 11.8 Å². The van der Waals surface area contributed by atoms with Crippen LogP contribution in [0.1, 0.15) is 25.0 Å². The summed E-state index contributed by atoms with van der Waals surface area (Å²) in [6.07, 6.45) is 2.64. The number of nitrogens with zero attached hydrogens (tertiary/aromatic N) is 1. The zero-order chi connectivity index (χ0) is 12.6. The van der Waals surface area contributed by atoms with Gasteiger partial charge in [0, 0.05) is 25.6 Å². The molecule has 0 radical (unpaired) electrons. The Morgan fingerprint density at radius 3 is 3.22 bits per heavy atom. The lowest BCUT2D eigenvalue weighted by atomic mass is 10.3. The quantitative estimate of drug-likeness (QED) is 0.613. The normalized spacial score (nSPS) is 18.2. The highest BCUT2D eigenvalue weighted by atomic mass is 16.5. The number of hydrogen-bond acceptors (Lipinski definition) is 4. The van der Waals surface area contributed by atoms with Crippen LogP contribution in [0.2, 0.25) is 0 Å². The first-order valence-electron chi connectivity index (χ1n) is 6.32. The molecule has 0 saturated carbocycles. The fourth-order valence-corrected chi connectivity index (χ4v) is 1.77. The van der Waals surface area contributed by atoms with Gasteiger partial charge in [-0.2, -0.15) is 0 Å². The Morgan fingerprint density at radius 2 is 2.44 bits per heavy atom. The molecule has 1 aliphatic rings. The number of unbranched alkanes of at least 4 members (excludes halogenated alkanes) is 1. The van der Waals surface area contributed by atoms with Crippen LogP contribution in [0.5, 0.6) is 5.88 Å². The Morgan fingerprint density at radius 1 is 1.50 bits per heavy atom. The number of aliphatic hydroxyl groups excluding tert-OH is 1. The van der Waals surface area contributed by atoms with Gasteiger partial charge in [-0.05, 0) is 31.4 Å². The van der Waals surface area contributed by atoms with E-state index in [-0.39, 0.29) is 12.7 Å². The van der Waals surface area contributed by atoms with Crippen molar-refractivity contribution in [2.24, 2.45) is 0 Å². The Labute approximate surface area is 107 Å². The van der Waals surface area contributed by atoms with E-state index in [1.54, 1.807) is 0 Å². The summed E-state index contributed by atoms with van der Waals surface area (Å²) in [4.78, 5) is 4.35. The Bertz CT molecular complexity index is 431. The Hall–Kier alpha value is -1.57. The van der Waals surface area contributed by atoms with Gasteiger partial charge in [0.25, 0.3) is 0 Å². The Balaban J connectivity index is 1.93. The third-order valence-electron chi connectivity index (χ3n) is 2.70. The number of rotatable bonds is 4. The van der Waals surface area contributed by atoms with Crippen LogP contribution in [0.25, 0.3) is 0 Å². The van der Waals surface area contributed by atoms with E-state index in [0.717, 1.165) is 25.2 Å². The van der Waals surface area contributed by atoms with Crippen LogP contribution < -0.4 is 10.1 Å². The van der Waals surface area contributed by atoms with Crippen LogP contribution in [-0.2, 0) is 0 Å². The molecule has 0 amide bonds. The van der Waals surface area contributed by atoms with Crippen LogP contribution in [-0.4, -0.2) is 35.9 Å². The standard InChI is InChI=1S/C14H18N2O2/c17-10-3-1-2-5-12-6-4-7-14(16-12)18-13-8-9-15-11-13/h4,6-7,13,15,17H,1,3,8-11H2. The average Bonchev–Trinajstić information content (AvgIpc) is 2.88. The molecule has 1 aromatic heterocycles. The van der Waals surface area contributed by atoms with Gasteiger partial charge < -0.3 is 15.2 Å². The summed E-state index contributed by atoms with van der Waals surface area (Å²) >= 11 is 0. The lowest BCUT2D eigenvalue weighted by Gasteiger charge is -2.10. The smallest absolute Gasteiger partial charge is 0.214 e. The molecular weight excluding hydrogens is 228 g/mol. The number of ether oxygens (including phenoxy) is 1. The van der Waals surface area contributed by atoms with Gasteiger partial charge in [-0.15, -0.1) is 0 Å². The van der Waals surface area contributed by atoms with Gasteiger partial charge in [-0.3, -0.25) is 0 Å². The van der Waals surface area contributed by atoms with E-state index >= 15 is 0 Å². The summed E-state index contributed by atoms with van der Waals surface area (Å²) in [6.45, 7) is 2.07. The lowest BCUT2D eigenvalue weighted by molar-refractivity contribution is 0.214. The van der Waals surface area contributed by atoms with E-state index in [1.165, 1.54) is 0 Å². The van der Waals surface area contributed by atoms with Gasteiger partial charge >= 0.3 is 0 Å². The molecule has 1 saturated heterocycles. The van der Waals surface area contributed by atoms with Gasteiger partial charge in [0.05, 0.1) is 0 Å². The lowest BCUT2D eigenvalue weighted by Crippen LogP contribution is -2.20. The molecule has 0 bridgehead atoms. The second-order valence-electron chi connectivity index (χ2n) is 4.22. The topological polar surface area (TPSA) is 54.4 Å². The molecule has 96 valence electrons. The molecule has 4 heteroatoms. The third-order valence-corrected chi connectivity index (χ3v) is 2.70. The fraction of sp³-hybridized carbons (Fsp3) is 0.500. The van der Waals surface area contributed by atoms with E-state index in [9.17, 15) is 0 Å². The highest BCUT2D eigenvalue weighted by Crippen LogP contribution is 2.12. The molecule has 1 atom stereocenters. The summed E-state index contributed by atoms with van der Waals surface area (Å²) in [7, 11) is 0. The van der Waals surface area contributed by atoms with Crippen molar-refractivity contribution in [2.45, 2.75) is 25.4 Å². The van der Waals surface area contributed by atoms with Crippen molar-refractivity contribution in [3.8, 4) is 17.7 Å². The van der Waals surface area contributed by atoms with E-state index in [4.69, 9.17) is 9.84 Å². The van der Waals surface area contributed by atoms with Crippen LogP contribution in [0.3, 0.4) is 0 Å². The van der Waals surface area contributed by atoms with Crippen molar-refractivity contribution in [1.29, 1.82) is 0 Å². The summed E-state index contributed by atoms with van der Waals surface area (Å²) in [6, 6.07) is 5.63. The molecule has 1 unspecified atom stereocenters. The maximum absolute atomic E-state index is 8.66. The highest BCUT2D eigenvalue weighted by Gasteiger charge is 2.16. The van der Waals surface area contributed by atoms with Crippen molar-refractivity contribution in [2.75, 3.05) is 19.7 Å². The maximum Gasteiger partial charge on any atom is 0.214 e. The van der Waals surface area contributed by atoms with E-state index in [1.807, 2.05) is 18.2 Å². The predicted molar refractivity (Wildman–Crippen MR) is 69.3 cm³/mol. The molecule has 0 aromatic carbocycles. The first-order chi connectivity index (χ1) is 8.88. The minimum absolute atomic E-state index is 0.180. The molecule has 0 aliphatic carbocycles. The largest absolute Gasteiger partial charge is 0.473 e. The van der Waals surface area contributed by atoms with Crippen LogP contribution in [0.4, 0.5) is 0 Å². The molecule has 2 rings (SSSR count). The third kappa shape index (κ3) is 4.02. The zero-order valence-electron chi connectivity index (χ0n) is 10.4. The molecule has 1 aromatic rings. The van der Waals surface area contributed by atoms with E-state index in [2.05, 4.69) is 22.1 Å². The van der Waals surface area contributed by atoms with Gasteiger partial charge in [0.2, 0.25) is 5.88 Å². The molecule has 1 fully saturated rings. The van der Waals surface area contributed by atoms with Crippen molar-refractivity contribution in [3.63, 3.8) is 0 Å². The number of aliphatic hydroxyl groups is 1. The molecule has 4 nitrogen and oxygen atoms in total. The van der Waals surface area contributed by atoms with Gasteiger partial charge in [0.15, 0.2) is 0 Å². The molecule has 0 spiro atoms. The van der Waals surface area contributed by atoms with Crippen molar-refractivity contribution < 1.29 is 9.84 Å². The monoisotopic (exact) mass is 246 g/mol. The van der Waals surface area contributed by atoms with Crippen molar-refractivity contribution in [1.82, 2.24) is 10.3 Å².